The van der Waals surface area contributed by atoms with Crippen LogP contribution in [0.4, 0.5) is 0 Å². The Bertz CT molecular complexity index is 786. The van der Waals surface area contributed by atoms with E-state index in [1.807, 2.05) is 12.1 Å². The fraction of sp³-hybridized carbons (Fsp3) is 0.571. The van der Waals surface area contributed by atoms with Gasteiger partial charge in [0.1, 0.15) is 6.04 Å². The average Bonchev–Trinajstić information content (AvgIpc) is 3.01. The molecule has 0 saturated carbocycles. The van der Waals surface area contributed by atoms with Gasteiger partial charge in [-0.05, 0) is 36.6 Å². The minimum absolute atomic E-state index is 0.0980. The van der Waals surface area contributed by atoms with Crippen LogP contribution in [-0.2, 0) is 22.7 Å². The molecule has 150 valence electrons. The lowest BCUT2D eigenvalue weighted by atomic mass is 10.0. The van der Waals surface area contributed by atoms with Gasteiger partial charge in [-0.2, -0.15) is 0 Å². The molecule has 3 aliphatic rings. The van der Waals surface area contributed by atoms with Crippen LogP contribution >= 0.6 is 0 Å². The lowest BCUT2D eigenvalue weighted by molar-refractivity contribution is -0.136. The van der Waals surface area contributed by atoms with Crippen LogP contribution in [0.5, 0.6) is 0 Å². The second kappa shape index (κ2) is 8.01. The maximum Gasteiger partial charge on any atom is 0.255 e. The first-order valence-corrected chi connectivity index (χ1v) is 10.3. The molecule has 0 spiro atoms. The van der Waals surface area contributed by atoms with Crippen LogP contribution in [0.2, 0.25) is 0 Å². The summed E-state index contributed by atoms with van der Waals surface area (Å²) in [6.07, 6.45) is 1.87. The van der Waals surface area contributed by atoms with E-state index in [-0.39, 0.29) is 24.1 Å². The van der Waals surface area contributed by atoms with Crippen LogP contribution in [0.25, 0.3) is 0 Å². The first kappa shape index (κ1) is 19.1. The summed E-state index contributed by atoms with van der Waals surface area (Å²) in [6, 6.07) is 5.33. The Morgan fingerprint density at radius 1 is 1.07 bits per heavy atom. The molecule has 1 atom stereocenters. The third-order valence-corrected chi connectivity index (χ3v) is 6.08. The summed E-state index contributed by atoms with van der Waals surface area (Å²) < 4.78 is 0. The molecule has 28 heavy (non-hydrogen) atoms. The predicted octanol–water partition coefficient (Wildman–Crippen LogP) is 0.975. The summed E-state index contributed by atoms with van der Waals surface area (Å²) in [5.74, 6) is -0.710. The molecular weight excluding hydrogens is 356 g/mol. The van der Waals surface area contributed by atoms with Crippen LogP contribution in [0.1, 0.15) is 47.7 Å². The summed E-state index contributed by atoms with van der Waals surface area (Å²) in [5.41, 5.74) is 2.91. The van der Waals surface area contributed by atoms with Crippen molar-refractivity contribution in [3.63, 3.8) is 0 Å². The Hall–Kier alpha value is -2.25. The van der Waals surface area contributed by atoms with Gasteiger partial charge in [-0.25, -0.2) is 0 Å². The van der Waals surface area contributed by atoms with Crippen LogP contribution in [0.3, 0.4) is 0 Å². The number of imide groups is 1. The number of carbonyl (C=O) groups excluding carboxylic acids is 3. The Balaban J connectivity index is 1.46. The average molecular weight is 384 g/mol. The highest BCUT2D eigenvalue weighted by Gasteiger charge is 2.39. The lowest BCUT2D eigenvalue weighted by Crippen LogP contribution is -2.52. The van der Waals surface area contributed by atoms with Gasteiger partial charge in [0.15, 0.2) is 0 Å². The van der Waals surface area contributed by atoms with Crippen molar-refractivity contribution in [2.45, 2.75) is 45.3 Å². The minimum atomic E-state index is -0.553. The van der Waals surface area contributed by atoms with Crippen molar-refractivity contribution in [2.75, 3.05) is 32.7 Å². The fourth-order valence-corrected chi connectivity index (χ4v) is 4.53. The quantitative estimate of drug-likeness (QED) is 0.766. The van der Waals surface area contributed by atoms with Crippen LogP contribution in [-0.4, -0.2) is 71.2 Å². The highest BCUT2D eigenvalue weighted by molar-refractivity contribution is 6.05. The number of carbonyl (C=O) groups is 3. The normalized spacial score (nSPS) is 23.8. The zero-order valence-corrected chi connectivity index (χ0v) is 16.4. The maximum atomic E-state index is 12.9. The number of amides is 3. The second-order valence-corrected chi connectivity index (χ2v) is 7.96. The molecule has 3 amide bonds. The molecule has 0 aromatic heterocycles. The zero-order valence-electron chi connectivity index (χ0n) is 16.4. The van der Waals surface area contributed by atoms with Gasteiger partial charge in [0.05, 0.1) is 0 Å². The SMILES string of the molecule is CCCN1CCN(Cc2cccc3c2CN(C2CCC(=O)NC2=O)C3=O)CC1. The van der Waals surface area contributed by atoms with Crippen molar-refractivity contribution in [3.8, 4) is 0 Å². The number of nitrogens with one attached hydrogen (secondary N) is 1. The van der Waals surface area contributed by atoms with Gasteiger partial charge in [-0.3, -0.25) is 24.6 Å². The van der Waals surface area contributed by atoms with E-state index in [2.05, 4.69) is 28.1 Å². The van der Waals surface area contributed by atoms with E-state index in [0.29, 0.717) is 18.5 Å². The molecule has 0 radical (unpaired) electrons. The Kier molecular flexibility index (Phi) is 5.46. The monoisotopic (exact) mass is 384 g/mol. The Labute approximate surface area is 165 Å². The van der Waals surface area contributed by atoms with E-state index in [4.69, 9.17) is 0 Å². The largest absolute Gasteiger partial charge is 0.322 e. The van der Waals surface area contributed by atoms with Gasteiger partial charge >= 0.3 is 0 Å². The van der Waals surface area contributed by atoms with Crippen molar-refractivity contribution in [2.24, 2.45) is 0 Å². The Morgan fingerprint density at radius 3 is 2.54 bits per heavy atom. The van der Waals surface area contributed by atoms with Crippen LogP contribution in [0.15, 0.2) is 18.2 Å². The summed E-state index contributed by atoms with van der Waals surface area (Å²) in [4.78, 5) is 43.2. The fourth-order valence-electron chi connectivity index (χ4n) is 4.53. The molecule has 1 aromatic carbocycles. The van der Waals surface area contributed by atoms with Crippen molar-refractivity contribution < 1.29 is 14.4 Å². The second-order valence-electron chi connectivity index (χ2n) is 7.96. The molecule has 1 aromatic rings. The summed E-state index contributed by atoms with van der Waals surface area (Å²) in [7, 11) is 0. The number of hydrogen-bond acceptors (Lipinski definition) is 5. The lowest BCUT2D eigenvalue weighted by Gasteiger charge is -2.34. The van der Waals surface area contributed by atoms with Gasteiger partial charge in [0.2, 0.25) is 11.8 Å². The van der Waals surface area contributed by atoms with E-state index >= 15 is 0 Å². The van der Waals surface area contributed by atoms with E-state index in [1.165, 1.54) is 12.0 Å². The van der Waals surface area contributed by atoms with Crippen molar-refractivity contribution >= 4 is 17.7 Å². The smallest absolute Gasteiger partial charge is 0.255 e. The van der Waals surface area contributed by atoms with Crippen LogP contribution in [0, 0.1) is 0 Å². The molecule has 0 bridgehead atoms. The number of benzene rings is 1. The van der Waals surface area contributed by atoms with Crippen molar-refractivity contribution in [1.82, 2.24) is 20.0 Å². The van der Waals surface area contributed by atoms with Gasteiger partial charge in [0.25, 0.3) is 5.91 Å². The summed E-state index contributed by atoms with van der Waals surface area (Å²) >= 11 is 0. The molecule has 3 aliphatic heterocycles. The molecule has 2 fully saturated rings. The van der Waals surface area contributed by atoms with E-state index < -0.39 is 6.04 Å². The molecule has 1 N–H and O–H groups in total. The standard InChI is InChI=1S/C21H28N4O3/c1-2-8-23-9-11-24(12-10-23)13-15-4-3-5-16-17(15)14-25(21(16)28)18-6-7-19(26)22-20(18)27/h3-5,18H,2,6-14H2,1H3,(H,22,26,27). The number of piperazine rings is 1. The Morgan fingerprint density at radius 2 is 1.82 bits per heavy atom. The highest BCUT2D eigenvalue weighted by atomic mass is 16.2. The number of piperidine rings is 1. The first-order chi connectivity index (χ1) is 13.6. The van der Waals surface area contributed by atoms with E-state index in [1.54, 1.807) is 4.90 Å². The molecule has 3 heterocycles. The van der Waals surface area contributed by atoms with Gasteiger partial charge < -0.3 is 9.80 Å². The van der Waals surface area contributed by atoms with Gasteiger partial charge in [-0.15, -0.1) is 0 Å². The predicted molar refractivity (Wildman–Crippen MR) is 104 cm³/mol. The first-order valence-electron chi connectivity index (χ1n) is 10.3. The number of fused-ring (bicyclic) bond motifs is 1. The molecule has 7 nitrogen and oxygen atoms in total. The van der Waals surface area contributed by atoms with E-state index in [9.17, 15) is 14.4 Å². The minimum Gasteiger partial charge on any atom is -0.322 e. The molecule has 1 unspecified atom stereocenters. The third-order valence-electron chi connectivity index (χ3n) is 6.08. The zero-order chi connectivity index (χ0) is 19.7. The summed E-state index contributed by atoms with van der Waals surface area (Å²) in [6.45, 7) is 8.90. The maximum absolute atomic E-state index is 12.9. The highest BCUT2D eigenvalue weighted by Crippen LogP contribution is 2.30. The van der Waals surface area contributed by atoms with Crippen molar-refractivity contribution in [3.05, 3.63) is 34.9 Å². The summed E-state index contributed by atoms with van der Waals surface area (Å²) in [5, 5.41) is 2.36. The van der Waals surface area contributed by atoms with E-state index in [0.717, 1.165) is 44.8 Å². The number of rotatable bonds is 5. The molecule has 2 saturated heterocycles. The number of nitrogens with zero attached hydrogens (tertiary/aromatic N) is 3. The number of hydrogen-bond donors (Lipinski definition) is 1. The molecule has 0 aliphatic carbocycles. The van der Waals surface area contributed by atoms with Crippen LogP contribution < -0.4 is 5.32 Å². The van der Waals surface area contributed by atoms with Crippen molar-refractivity contribution in [1.29, 1.82) is 0 Å². The molecule has 7 heteroatoms. The topological polar surface area (TPSA) is 73.0 Å². The molecule has 4 rings (SSSR count). The third kappa shape index (κ3) is 3.69. The molecular formula is C21H28N4O3. The van der Waals surface area contributed by atoms with Gasteiger partial charge in [0, 0.05) is 51.3 Å². The van der Waals surface area contributed by atoms with Gasteiger partial charge in [-0.1, -0.05) is 19.1 Å².